The fraction of sp³-hybridized carbons (Fsp3) is 0.136. The molecule has 2 aromatic carbocycles. The number of hydrogen-bond acceptors (Lipinski definition) is 8. The first kappa shape index (κ1) is 20.8. The van der Waals surface area contributed by atoms with Crippen LogP contribution in [0.25, 0.3) is 0 Å². The quantitative estimate of drug-likeness (QED) is 0.331. The molecule has 1 unspecified atom stereocenters. The van der Waals surface area contributed by atoms with Gasteiger partial charge in [0.25, 0.3) is 11.9 Å². The van der Waals surface area contributed by atoms with Crippen LogP contribution in [0.1, 0.15) is 17.2 Å². The van der Waals surface area contributed by atoms with Crippen LogP contribution in [0.15, 0.2) is 72.0 Å². The Kier molecular flexibility index (Phi) is 5.93. The second-order valence-electron chi connectivity index (χ2n) is 6.94. The summed E-state index contributed by atoms with van der Waals surface area (Å²) in [7, 11) is 1.60. The minimum atomic E-state index is -0.437. The van der Waals surface area contributed by atoms with Crippen molar-refractivity contribution in [3.63, 3.8) is 0 Å². The molecule has 0 radical (unpaired) electrons. The average Bonchev–Trinajstić information content (AvgIpc) is 2.84. The van der Waals surface area contributed by atoms with Gasteiger partial charge >= 0.3 is 0 Å². The molecule has 1 amide bonds. The van der Waals surface area contributed by atoms with Gasteiger partial charge in [0.1, 0.15) is 30.0 Å². The minimum absolute atomic E-state index is 0.00349. The van der Waals surface area contributed by atoms with E-state index in [0.29, 0.717) is 17.1 Å². The molecular formula is C22H22N8O2. The van der Waals surface area contributed by atoms with Crippen LogP contribution in [0.4, 0.5) is 11.6 Å². The third-order valence-corrected chi connectivity index (χ3v) is 4.82. The second kappa shape index (κ2) is 9.13. The van der Waals surface area contributed by atoms with Crippen molar-refractivity contribution in [3.05, 3.63) is 78.1 Å². The molecule has 10 nitrogen and oxygen atoms in total. The molecule has 1 aliphatic heterocycles. The number of hydrogen-bond donors (Lipinski definition) is 4. The van der Waals surface area contributed by atoms with Crippen molar-refractivity contribution in [1.82, 2.24) is 15.4 Å². The number of aliphatic imine (C=N–C) groups is 1. The maximum atomic E-state index is 12.5. The highest BCUT2D eigenvalue weighted by molar-refractivity contribution is 6.04. The van der Waals surface area contributed by atoms with Crippen LogP contribution >= 0.6 is 0 Å². The molecule has 0 aliphatic carbocycles. The number of nitrogen functional groups attached to an aromatic ring is 1. The van der Waals surface area contributed by atoms with Crippen molar-refractivity contribution in [2.75, 3.05) is 24.0 Å². The topological polar surface area (TPSA) is 142 Å². The molecule has 0 spiro atoms. The Hall–Kier alpha value is -4.47. The summed E-state index contributed by atoms with van der Waals surface area (Å²) in [6.07, 6.45) is 3.13. The highest BCUT2D eigenvalue weighted by Crippen LogP contribution is 2.25. The molecule has 1 aliphatic rings. The first-order chi connectivity index (χ1) is 15.5. The normalized spacial score (nSPS) is 14.2. The molecule has 0 saturated carbocycles. The predicted octanol–water partition coefficient (Wildman–Crippen LogP) is 1.87. The number of carbonyl (C=O) groups excluding carboxylic acids is 1. The van der Waals surface area contributed by atoms with Gasteiger partial charge in [0.05, 0.1) is 7.11 Å². The van der Waals surface area contributed by atoms with Crippen molar-refractivity contribution in [1.29, 1.82) is 5.41 Å². The van der Waals surface area contributed by atoms with E-state index in [4.69, 9.17) is 15.9 Å². The lowest BCUT2D eigenvalue weighted by Gasteiger charge is -2.31. The zero-order valence-corrected chi connectivity index (χ0v) is 17.3. The molecular weight excluding hydrogens is 408 g/mol. The van der Waals surface area contributed by atoms with Crippen molar-refractivity contribution in [2.24, 2.45) is 10.7 Å². The third kappa shape index (κ3) is 4.48. The molecule has 0 saturated heterocycles. The highest BCUT2D eigenvalue weighted by Gasteiger charge is 2.29. The number of ether oxygens (including phenoxy) is 1. The monoisotopic (exact) mass is 430 g/mol. The Balaban J connectivity index is 1.68. The number of benzene rings is 2. The summed E-state index contributed by atoms with van der Waals surface area (Å²) in [6.45, 7) is -0.0496. The second-order valence-corrected chi connectivity index (χ2v) is 6.94. The molecule has 162 valence electrons. The van der Waals surface area contributed by atoms with Gasteiger partial charge in [0.15, 0.2) is 0 Å². The third-order valence-electron chi connectivity index (χ3n) is 4.82. The summed E-state index contributed by atoms with van der Waals surface area (Å²) in [5.41, 5.74) is 10.9. The van der Waals surface area contributed by atoms with Crippen molar-refractivity contribution >= 4 is 29.2 Å². The zero-order valence-electron chi connectivity index (χ0n) is 17.3. The van der Waals surface area contributed by atoms with Gasteiger partial charge in [-0.2, -0.15) is 5.01 Å². The zero-order chi connectivity index (χ0) is 22.5. The standard InChI is InChI=1S/C22H22N8O2/c1-32-17-5-2-4-15(12-17)19(28-16-8-6-14(7-9-16)20(23)24)21-27-13-18(31)30(29-21)22-25-10-3-11-26-22/h2-12,19,28H,13H2,1H3,(H3,23,24)(H,27,29). The summed E-state index contributed by atoms with van der Waals surface area (Å²) >= 11 is 0. The number of nitrogens with two attached hydrogens (primary N) is 1. The Morgan fingerprint density at radius 1 is 1.19 bits per heavy atom. The van der Waals surface area contributed by atoms with Crippen LogP contribution in [0.2, 0.25) is 0 Å². The first-order valence-electron chi connectivity index (χ1n) is 9.81. The van der Waals surface area contributed by atoms with E-state index in [9.17, 15) is 4.79 Å². The molecule has 10 heteroatoms. The van der Waals surface area contributed by atoms with Crippen LogP contribution in [0.5, 0.6) is 5.75 Å². The summed E-state index contributed by atoms with van der Waals surface area (Å²) in [5, 5.41) is 12.3. The number of hydrazine groups is 1. The lowest BCUT2D eigenvalue weighted by Crippen LogP contribution is -2.54. The Morgan fingerprint density at radius 3 is 2.62 bits per heavy atom. The lowest BCUT2D eigenvalue weighted by molar-refractivity contribution is -0.118. The molecule has 1 atom stereocenters. The number of nitrogens with one attached hydrogen (secondary N) is 3. The first-order valence-corrected chi connectivity index (χ1v) is 9.81. The number of anilines is 2. The van der Waals surface area contributed by atoms with Gasteiger partial charge in [-0.25, -0.2) is 9.97 Å². The minimum Gasteiger partial charge on any atom is -0.497 e. The van der Waals surface area contributed by atoms with Crippen LogP contribution in [0, 0.1) is 5.41 Å². The lowest BCUT2D eigenvalue weighted by atomic mass is 10.0. The maximum Gasteiger partial charge on any atom is 0.270 e. The molecule has 3 aromatic rings. The molecule has 5 N–H and O–H groups in total. The number of carbonyl (C=O) groups is 1. The smallest absolute Gasteiger partial charge is 0.270 e. The fourth-order valence-corrected chi connectivity index (χ4v) is 3.20. The fourth-order valence-electron chi connectivity index (χ4n) is 3.20. The van der Waals surface area contributed by atoms with E-state index in [1.807, 2.05) is 36.4 Å². The Bertz CT molecular complexity index is 1150. The molecule has 0 bridgehead atoms. The Morgan fingerprint density at radius 2 is 1.94 bits per heavy atom. The molecule has 1 aromatic heterocycles. The van der Waals surface area contributed by atoms with Gasteiger partial charge in [-0.1, -0.05) is 12.1 Å². The predicted molar refractivity (Wildman–Crippen MR) is 122 cm³/mol. The average molecular weight is 430 g/mol. The Labute approximate surface area is 184 Å². The molecule has 2 heterocycles. The van der Waals surface area contributed by atoms with Crippen molar-refractivity contribution < 1.29 is 9.53 Å². The van der Waals surface area contributed by atoms with Crippen molar-refractivity contribution in [2.45, 2.75) is 6.04 Å². The van der Waals surface area contributed by atoms with E-state index in [-0.39, 0.29) is 24.2 Å². The van der Waals surface area contributed by atoms with Gasteiger partial charge < -0.3 is 15.8 Å². The van der Waals surface area contributed by atoms with Crippen LogP contribution in [-0.2, 0) is 4.79 Å². The van der Waals surface area contributed by atoms with Crippen LogP contribution in [0.3, 0.4) is 0 Å². The number of nitrogens with zero attached hydrogens (tertiary/aromatic N) is 4. The van der Waals surface area contributed by atoms with Gasteiger partial charge in [-0.15, -0.1) is 0 Å². The van der Waals surface area contributed by atoms with E-state index < -0.39 is 6.04 Å². The maximum absolute atomic E-state index is 12.5. The number of amidine groups is 2. The largest absolute Gasteiger partial charge is 0.497 e. The van der Waals surface area contributed by atoms with Gasteiger partial charge in [0.2, 0.25) is 0 Å². The van der Waals surface area contributed by atoms with Gasteiger partial charge in [-0.05, 0) is 48.0 Å². The highest BCUT2D eigenvalue weighted by atomic mass is 16.5. The van der Waals surface area contributed by atoms with E-state index >= 15 is 0 Å². The summed E-state index contributed by atoms with van der Waals surface area (Å²) in [6, 6.07) is 16.0. The number of aromatic nitrogens is 2. The summed E-state index contributed by atoms with van der Waals surface area (Å²) in [4.78, 5) is 25.2. The number of methoxy groups -OCH3 is 1. The van der Waals surface area contributed by atoms with E-state index in [2.05, 4.69) is 25.7 Å². The summed E-state index contributed by atoms with van der Waals surface area (Å²) < 4.78 is 5.38. The van der Waals surface area contributed by atoms with Gasteiger partial charge in [-0.3, -0.25) is 20.6 Å². The SMILES string of the molecule is COc1cccc(C(Nc2ccc(C(=N)N)cc2)C2=NCC(=O)N(c3ncccn3)N2)c1. The molecule has 4 rings (SSSR count). The molecule has 0 fully saturated rings. The van der Waals surface area contributed by atoms with Gasteiger partial charge in [0, 0.05) is 23.6 Å². The van der Waals surface area contributed by atoms with Crippen LogP contribution in [-0.4, -0.2) is 41.2 Å². The van der Waals surface area contributed by atoms with E-state index in [1.165, 1.54) is 5.01 Å². The molecule has 32 heavy (non-hydrogen) atoms. The summed E-state index contributed by atoms with van der Waals surface area (Å²) in [5.74, 6) is 1.17. The van der Waals surface area contributed by atoms with Crippen molar-refractivity contribution in [3.8, 4) is 5.75 Å². The van der Waals surface area contributed by atoms with E-state index in [0.717, 1.165) is 11.3 Å². The number of amides is 1. The van der Waals surface area contributed by atoms with E-state index in [1.54, 1.807) is 37.7 Å². The number of rotatable bonds is 7. The van der Waals surface area contributed by atoms with Crippen LogP contribution < -0.4 is 26.2 Å².